The molecule has 2 aromatic heterocycles. The van der Waals surface area contributed by atoms with E-state index in [2.05, 4.69) is 20.6 Å². The van der Waals surface area contributed by atoms with Crippen molar-refractivity contribution in [1.29, 1.82) is 0 Å². The number of benzene rings is 1. The molecule has 1 fully saturated rings. The standard InChI is InChI=1S/C21H25FN6O/c1-11-8-12-9-13(6-7-17(12)25-11)26-20-14(19(24)29)10-15(22)21(28-20)27-18-5-3-2-4-16(18)23/h6-10,16,18,25H,2-5,23H2,1H3,(H2,24,29)(H2,26,27,28)/t16-,18?/m0/s1. The predicted octanol–water partition coefficient (Wildman–Crippen LogP) is 3.53. The lowest BCUT2D eigenvalue weighted by atomic mass is 9.91. The molecule has 7 nitrogen and oxygen atoms in total. The van der Waals surface area contributed by atoms with E-state index >= 15 is 0 Å². The summed E-state index contributed by atoms with van der Waals surface area (Å²) in [6.45, 7) is 1.98. The van der Waals surface area contributed by atoms with Gasteiger partial charge in [0.1, 0.15) is 5.82 Å². The molecule has 4 rings (SSSR count). The van der Waals surface area contributed by atoms with Gasteiger partial charge >= 0.3 is 0 Å². The molecule has 3 aromatic rings. The number of aromatic amines is 1. The predicted molar refractivity (Wildman–Crippen MR) is 113 cm³/mol. The number of carbonyl (C=O) groups is 1. The fourth-order valence-corrected chi connectivity index (χ4v) is 3.88. The number of aryl methyl sites for hydroxylation is 1. The second-order valence-electron chi connectivity index (χ2n) is 7.66. The lowest BCUT2D eigenvalue weighted by Crippen LogP contribution is -2.43. The lowest BCUT2D eigenvalue weighted by molar-refractivity contribution is 0.100. The summed E-state index contributed by atoms with van der Waals surface area (Å²) >= 11 is 0. The molecular weight excluding hydrogens is 371 g/mol. The Bertz CT molecular complexity index is 1060. The molecule has 2 atom stereocenters. The first-order valence-corrected chi connectivity index (χ1v) is 9.79. The molecule has 152 valence electrons. The van der Waals surface area contributed by atoms with E-state index in [1.807, 2.05) is 31.2 Å². The van der Waals surface area contributed by atoms with E-state index in [1.54, 1.807) is 0 Å². The highest BCUT2D eigenvalue weighted by molar-refractivity contribution is 5.99. The molecule has 1 aromatic carbocycles. The number of pyridine rings is 1. The topological polar surface area (TPSA) is 122 Å². The number of amides is 1. The van der Waals surface area contributed by atoms with Crippen molar-refractivity contribution in [2.24, 2.45) is 11.5 Å². The molecular formula is C21H25FN6O. The second-order valence-corrected chi connectivity index (χ2v) is 7.66. The van der Waals surface area contributed by atoms with Gasteiger partial charge in [-0.3, -0.25) is 4.79 Å². The monoisotopic (exact) mass is 396 g/mol. The first-order valence-electron chi connectivity index (χ1n) is 9.79. The van der Waals surface area contributed by atoms with Crippen LogP contribution in [0.5, 0.6) is 0 Å². The van der Waals surface area contributed by atoms with Gasteiger partial charge in [0, 0.05) is 34.4 Å². The first kappa shape index (κ1) is 19.2. The van der Waals surface area contributed by atoms with Crippen LogP contribution in [0.2, 0.25) is 0 Å². The van der Waals surface area contributed by atoms with E-state index in [1.165, 1.54) is 0 Å². The number of nitrogens with one attached hydrogen (secondary N) is 3. The van der Waals surface area contributed by atoms with E-state index in [0.717, 1.165) is 54.0 Å². The number of fused-ring (bicyclic) bond motifs is 1. The quantitative estimate of drug-likeness (QED) is 0.452. The van der Waals surface area contributed by atoms with Gasteiger partial charge in [0.2, 0.25) is 0 Å². The number of rotatable bonds is 5. The SMILES string of the molecule is Cc1cc2cc(Nc3nc(NC4CCCC[C@@H]4N)c(F)cc3C(N)=O)ccc2[nH]1. The summed E-state index contributed by atoms with van der Waals surface area (Å²) in [5.74, 6) is -1.10. The summed E-state index contributed by atoms with van der Waals surface area (Å²) in [6.07, 6.45) is 3.85. The van der Waals surface area contributed by atoms with Gasteiger partial charge in [0.15, 0.2) is 11.6 Å². The summed E-state index contributed by atoms with van der Waals surface area (Å²) in [7, 11) is 0. The van der Waals surface area contributed by atoms with Crippen molar-refractivity contribution >= 4 is 34.1 Å². The molecule has 2 heterocycles. The highest BCUT2D eigenvalue weighted by Crippen LogP contribution is 2.28. The zero-order valence-electron chi connectivity index (χ0n) is 16.3. The number of halogens is 1. The molecule has 1 unspecified atom stereocenters. The third kappa shape index (κ3) is 4.02. The molecule has 0 spiro atoms. The number of carbonyl (C=O) groups excluding carboxylic acids is 1. The van der Waals surface area contributed by atoms with Crippen LogP contribution in [0.15, 0.2) is 30.3 Å². The summed E-state index contributed by atoms with van der Waals surface area (Å²) in [5, 5.41) is 7.24. The van der Waals surface area contributed by atoms with Crippen molar-refractivity contribution in [1.82, 2.24) is 9.97 Å². The number of hydrogen-bond acceptors (Lipinski definition) is 5. The van der Waals surface area contributed by atoms with Crippen LogP contribution in [0, 0.1) is 12.7 Å². The minimum Gasteiger partial charge on any atom is -0.365 e. The van der Waals surface area contributed by atoms with Gasteiger partial charge in [0.25, 0.3) is 5.91 Å². The van der Waals surface area contributed by atoms with Crippen molar-refractivity contribution in [3.63, 3.8) is 0 Å². The van der Waals surface area contributed by atoms with Crippen molar-refractivity contribution in [3.05, 3.63) is 47.4 Å². The van der Waals surface area contributed by atoms with E-state index in [0.29, 0.717) is 0 Å². The Morgan fingerprint density at radius 3 is 2.76 bits per heavy atom. The third-order valence-electron chi connectivity index (χ3n) is 5.40. The van der Waals surface area contributed by atoms with Crippen molar-refractivity contribution < 1.29 is 9.18 Å². The number of nitrogens with zero attached hydrogens (tertiary/aromatic N) is 1. The normalized spacial score (nSPS) is 19.3. The van der Waals surface area contributed by atoms with Crippen LogP contribution < -0.4 is 22.1 Å². The van der Waals surface area contributed by atoms with Gasteiger partial charge in [-0.2, -0.15) is 0 Å². The maximum absolute atomic E-state index is 14.6. The maximum atomic E-state index is 14.6. The lowest BCUT2D eigenvalue weighted by Gasteiger charge is -2.30. The summed E-state index contributed by atoms with van der Waals surface area (Å²) in [4.78, 5) is 19.5. The van der Waals surface area contributed by atoms with Crippen LogP contribution in [0.25, 0.3) is 10.9 Å². The molecule has 7 N–H and O–H groups in total. The van der Waals surface area contributed by atoms with Gasteiger partial charge in [-0.05, 0) is 50.1 Å². The zero-order chi connectivity index (χ0) is 20.5. The van der Waals surface area contributed by atoms with Gasteiger partial charge in [0.05, 0.1) is 5.56 Å². The first-order chi connectivity index (χ1) is 13.9. The molecule has 0 saturated heterocycles. The molecule has 0 radical (unpaired) electrons. The average molecular weight is 396 g/mol. The smallest absolute Gasteiger partial charge is 0.252 e. The maximum Gasteiger partial charge on any atom is 0.252 e. The van der Waals surface area contributed by atoms with Crippen LogP contribution in [0.3, 0.4) is 0 Å². The zero-order valence-corrected chi connectivity index (χ0v) is 16.3. The molecule has 0 aliphatic heterocycles. The fraction of sp³-hybridized carbons (Fsp3) is 0.333. The Balaban J connectivity index is 1.66. The molecule has 29 heavy (non-hydrogen) atoms. The van der Waals surface area contributed by atoms with Gasteiger partial charge in [-0.15, -0.1) is 0 Å². The van der Waals surface area contributed by atoms with Crippen LogP contribution in [0.4, 0.5) is 21.7 Å². The minimum absolute atomic E-state index is 0.00802. The van der Waals surface area contributed by atoms with Gasteiger partial charge < -0.3 is 27.1 Å². The second kappa shape index (κ2) is 7.71. The third-order valence-corrected chi connectivity index (χ3v) is 5.40. The van der Waals surface area contributed by atoms with Gasteiger partial charge in [-0.1, -0.05) is 12.8 Å². The Morgan fingerprint density at radius 1 is 1.21 bits per heavy atom. The van der Waals surface area contributed by atoms with Crippen LogP contribution in [-0.4, -0.2) is 28.0 Å². The highest BCUT2D eigenvalue weighted by atomic mass is 19.1. The molecule has 1 aliphatic carbocycles. The van der Waals surface area contributed by atoms with Crippen molar-refractivity contribution in [2.45, 2.75) is 44.7 Å². The van der Waals surface area contributed by atoms with Gasteiger partial charge in [-0.25, -0.2) is 9.37 Å². The van der Waals surface area contributed by atoms with E-state index < -0.39 is 11.7 Å². The average Bonchev–Trinajstić information content (AvgIpc) is 3.05. The number of H-pyrrole nitrogens is 1. The van der Waals surface area contributed by atoms with Crippen molar-refractivity contribution in [3.8, 4) is 0 Å². The Labute approximate surface area is 168 Å². The number of nitrogens with two attached hydrogens (primary N) is 2. The number of hydrogen-bond donors (Lipinski definition) is 5. The van der Waals surface area contributed by atoms with E-state index in [9.17, 15) is 9.18 Å². The molecule has 1 saturated carbocycles. The Morgan fingerprint density at radius 2 is 2.00 bits per heavy atom. The molecule has 1 amide bonds. The number of primary amides is 1. The summed E-state index contributed by atoms with van der Waals surface area (Å²) < 4.78 is 14.6. The summed E-state index contributed by atoms with van der Waals surface area (Å²) in [6, 6.07) is 8.74. The van der Waals surface area contributed by atoms with Crippen LogP contribution >= 0.6 is 0 Å². The van der Waals surface area contributed by atoms with Crippen LogP contribution in [-0.2, 0) is 0 Å². The summed E-state index contributed by atoms with van der Waals surface area (Å²) in [5.41, 5.74) is 14.4. The van der Waals surface area contributed by atoms with E-state index in [-0.39, 0.29) is 29.3 Å². The molecule has 0 bridgehead atoms. The minimum atomic E-state index is -0.751. The largest absolute Gasteiger partial charge is 0.365 e. The fourth-order valence-electron chi connectivity index (χ4n) is 3.88. The number of aromatic nitrogens is 2. The Kier molecular flexibility index (Phi) is 5.10. The van der Waals surface area contributed by atoms with Crippen molar-refractivity contribution in [2.75, 3.05) is 10.6 Å². The highest BCUT2D eigenvalue weighted by Gasteiger charge is 2.24. The van der Waals surface area contributed by atoms with Crippen LogP contribution in [0.1, 0.15) is 41.7 Å². The molecule has 8 heteroatoms. The molecule has 1 aliphatic rings. The Hall–Kier alpha value is -3.13. The number of anilines is 3. The van der Waals surface area contributed by atoms with E-state index in [4.69, 9.17) is 11.5 Å².